The summed E-state index contributed by atoms with van der Waals surface area (Å²) in [6.45, 7) is 1.55. The summed E-state index contributed by atoms with van der Waals surface area (Å²) in [4.78, 5) is 4.66. The first-order chi connectivity index (χ1) is 16.3. The molecule has 0 spiro atoms. The lowest BCUT2D eigenvalue weighted by molar-refractivity contribution is -0.0384. The largest absolute Gasteiger partial charge is 0.384 e. The number of ether oxygens (including phenoxy) is 2. The van der Waals surface area contributed by atoms with Crippen LogP contribution in [0.4, 0.5) is 5.82 Å². The van der Waals surface area contributed by atoms with Crippen LogP contribution in [0.1, 0.15) is 51.0 Å². The van der Waals surface area contributed by atoms with Crippen LogP contribution in [0.5, 0.6) is 0 Å². The normalized spacial score (nSPS) is 21.5. The molecule has 5 heterocycles. The Hall–Kier alpha value is -3.23. The molecule has 2 N–H and O–H groups in total. The second kappa shape index (κ2) is 8.61. The molecule has 3 aromatic heterocycles. The Morgan fingerprint density at radius 2 is 1.45 bits per heavy atom. The topological polar surface area (TPSA) is 93.0 Å². The highest BCUT2D eigenvalue weighted by molar-refractivity contribution is 5.97. The molecule has 1 aromatic carbocycles. The van der Waals surface area contributed by atoms with Crippen molar-refractivity contribution in [1.82, 2.24) is 24.5 Å². The minimum Gasteiger partial charge on any atom is -0.384 e. The van der Waals surface area contributed by atoms with Crippen LogP contribution < -0.4 is 5.73 Å². The third-order valence-corrected chi connectivity index (χ3v) is 6.60. The predicted octanol–water partition coefficient (Wildman–Crippen LogP) is 4.94. The van der Waals surface area contributed by atoms with Crippen molar-refractivity contribution < 1.29 is 9.47 Å². The molecule has 170 valence electrons. The van der Waals surface area contributed by atoms with Gasteiger partial charge < -0.3 is 15.2 Å². The second-order valence-corrected chi connectivity index (χ2v) is 8.79. The van der Waals surface area contributed by atoms with Crippen molar-refractivity contribution in [2.45, 2.75) is 51.0 Å². The van der Waals surface area contributed by atoms with E-state index in [1.165, 1.54) is 0 Å². The first-order valence-electron chi connectivity index (χ1n) is 11.8. The Balaban J connectivity index is 1.42. The number of nitrogens with two attached hydrogens (primary N) is 1. The fraction of sp³-hybridized carbons (Fsp3) is 0.400. The summed E-state index contributed by atoms with van der Waals surface area (Å²) in [5.41, 5.74) is 11.2. The van der Waals surface area contributed by atoms with Gasteiger partial charge in [0.05, 0.1) is 16.9 Å². The van der Waals surface area contributed by atoms with Gasteiger partial charge in [-0.3, -0.25) is 0 Å². The molecule has 0 amide bonds. The Kier molecular flexibility index (Phi) is 5.32. The lowest BCUT2D eigenvalue weighted by atomic mass is 10.0. The molecular formula is C25H28N6O2. The number of hydrogen-bond acceptors (Lipinski definition) is 6. The van der Waals surface area contributed by atoms with Gasteiger partial charge in [-0.1, -0.05) is 12.1 Å². The monoisotopic (exact) mass is 444 g/mol. The SMILES string of the molecule is Nc1cc(-c2ccnn2C2CCCCO2)c2ccc(-c3ccnn3C3CCCCO3)cc2n1. The maximum Gasteiger partial charge on any atom is 0.150 e. The fourth-order valence-corrected chi connectivity index (χ4v) is 4.98. The van der Waals surface area contributed by atoms with Crippen molar-refractivity contribution in [2.75, 3.05) is 18.9 Å². The summed E-state index contributed by atoms with van der Waals surface area (Å²) >= 11 is 0. The third-order valence-electron chi connectivity index (χ3n) is 6.60. The lowest BCUT2D eigenvalue weighted by Gasteiger charge is -2.25. The summed E-state index contributed by atoms with van der Waals surface area (Å²) in [5.74, 6) is 0.482. The Morgan fingerprint density at radius 1 is 0.788 bits per heavy atom. The molecule has 0 bridgehead atoms. The van der Waals surface area contributed by atoms with Gasteiger partial charge in [-0.2, -0.15) is 10.2 Å². The summed E-state index contributed by atoms with van der Waals surface area (Å²) in [7, 11) is 0. The molecule has 2 atom stereocenters. The summed E-state index contributed by atoms with van der Waals surface area (Å²) in [6, 6.07) is 12.3. The van der Waals surface area contributed by atoms with E-state index >= 15 is 0 Å². The number of nitrogens with zero attached hydrogens (tertiary/aromatic N) is 5. The Morgan fingerprint density at radius 3 is 2.12 bits per heavy atom. The average molecular weight is 445 g/mol. The number of hydrogen-bond donors (Lipinski definition) is 1. The second-order valence-electron chi connectivity index (χ2n) is 8.79. The number of fused-ring (bicyclic) bond motifs is 1. The Labute approximate surface area is 192 Å². The maximum absolute atomic E-state index is 6.27. The van der Waals surface area contributed by atoms with Crippen molar-refractivity contribution >= 4 is 16.7 Å². The summed E-state index contributed by atoms with van der Waals surface area (Å²) in [6.07, 6.45) is 10.0. The van der Waals surface area contributed by atoms with Crippen molar-refractivity contribution in [3.8, 4) is 22.5 Å². The predicted molar refractivity (Wildman–Crippen MR) is 126 cm³/mol. The van der Waals surface area contributed by atoms with Crippen LogP contribution >= 0.6 is 0 Å². The molecule has 2 saturated heterocycles. The van der Waals surface area contributed by atoms with Gasteiger partial charge in [0.25, 0.3) is 0 Å². The molecule has 2 unspecified atom stereocenters. The van der Waals surface area contributed by atoms with E-state index in [0.29, 0.717) is 5.82 Å². The molecular weight excluding hydrogens is 416 g/mol. The van der Waals surface area contributed by atoms with E-state index < -0.39 is 0 Å². The van der Waals surface area contributed by atoms with Gasteiger partial charge in [0.15, 0.2) is 12.5 Å². The third kappa shape index (κ3) is 3.79. The highest BCUT2D eigenvalue weighted by Crippen LogP contribution is 2.35. The Bertz CT molecular complexity index is 1270. The van der Waals surface area contributed by atoms with Crippen LogP contribution in [0.25, 0.3) is 33.4 Å². The number of anilines is 1. The molecule has 4 aromatic rings. The van der Waals surface area contributed by atoms with E-state index in [0.717, 1.165) is 85.2 Å². The van der Waals surface area contributed by atoms with Crippen molar-refractivity contribution in [1.29, 1.82) is 0 Å². The maximum atomic E-state index is 6.27. The zero-order valence-corrected chi connectivity index (χ0v) is 18.6. The van der Waals surface area contributed by atoms with Crippen molar-refractivity contribution in [2.24, 2.45) is 0 Å². The molecule has 0 aliphatic carbocycles. The van der Waals surface area contributed by atoms with Gasteiger partial charge in [0.1, 0.15) is 5.82 Å². The molecule has 8 heteroatoms. The number of benzene rings is 1. The first-order valence-corrected chi connectivity index (χ1v) is 11.8. The average Bonchev–Trinajstić information content (AvgIpc) is 3.54. The fourth-order valence-electron chi connectivity index (χ4n) is 4.98. The van der Waals surface area contributed by atoms with Crippen molar-refractivity contribution in [3.63, 3.8) is 0 Å². The van der Waals surface area contributed by atoms with Gasteiger partial charge in [-0.15, -0.1) is 0 Å². The minimum absolute atomic E-state index is 0.0198. The molecule has 8 nitrogen and oxygen atoms in total. The zero-order valence-electron chi connectivity index (χ0n) is 18.6. The standard InChI is InChI=1S/C25H28N6O2/c26-23-16-19(22-10-12-28-31(22)25-6-2-4-14-33-25)18-8-7-17(15-20(18)29-23)21-9-11-27-30(21)24-5-1-3-13-32-24/h7-12,15-16,24-25H,1-6,13-14H2,(H2,26,29). The molecule has 0 radical (unpaired) electrons. The van der Waals surface area contributed by atoms with Gasteiger partial charge >= 0.3 is 0 Å². The van der Waals surface area contributed by atoms with Gasteiger partial charge in [0, 0.05) is 42.1 Å². The molecule has 0 saturated carbocycles. The van der Waals surface area contributed by atoms with E-state index in [1.54, 1.807) is 0 Å². The molecule has 2 aliphatic heterocycles. The summed E-state index contributed by atoms with van der Waals surface area (Å²) < 4.78 is 15.9. The van der Waals surface area contributed by atoms with Crippen LogP contribution in [0.3, 0.4) is 0 Å². The first kappa shape index (κ1) is 20.4. The smallest absolute Gasteiger partial charge is 0.150 e. The van der Waals surface area contributed by atoms with Gasteiger partial charge in [-0.25, -0.2) is 14.3 Å². The van der Waals surface area contributed by atoms with Crippen LogP contribution in [0.2, 0.25) is 0 Å². The van der Waals surface area contributed by atoms with Crippen molar-refractivity contribution in [3.05, 3.63) is 48.8 Å². The van der Waals surface area contributed by atoms with E-state index in [4.69, 9.17) is 15.2 Å². The van der Waals surface area contributed by atoms with Crippen LogP contribution in [-0.4, -0.2) is 37.8 Å². The minimum atomic E-state index is -0.0442. The van der Waals surface area contributed by atoms with E-state index in [9.17, 15) is 0 Å². The summed E-state index contributed by atoms with van der Waals surface area (Å²) in [5, 5.41) is 10.2. The van der Waals surface area contributed by atoms with Crippen LogP contribution in [0.15, 0.2) is 48.8 Å². The molecule has 6 rings (SSSR count). The number of aromatic nitrogens is 5. The highest BCUT2D eigenvalue weighted by Gasteiger charge is 2.22. The van der Waals surface area contributed by atoms with Crippen LogP contribution in [0, 0.1) is 0 Å². The number of pyridine rings is 1. The van der Waals surface area contributed by atoms with Gasteiger partial charge in [-0.05, 0) is 62.8 Å². The highest BCUT2D eigenvalue weighted by atomic mass is 16.5. The lowest BCUT2D eigenvalue weighted by Crippen LogP contribution is -2.20. The molecule has 2 fully saturated rings. The van der Waals surface area contributed by atoms with E-state index in [1.807, 2.05) is 40.0 Å². The number of nitrogen functional groups attached to an aromatic ring is 1. The van der Waals surface area contributed by atoms with Gasteiger partial charge in [0.2, 0.25) is 0 Å². The zero-order chi connectivity index (χ0) is 22.2. The molecule has 33 heavy (non-hydrogen) atoms. The quantitative estimate of drug-likeness (QED) is 0.479. The van der Waals surface area contributed by atoms with E-state index in [2.05, 4.69) is 33.4 Å². The molecule has 2 aliphatic rings. The number of rotatable bonds is 4. The van der Waals surface area contributed by atoms with E-state index in [-0.39, 0.29) is 12.5 Å². The van der Waals surface area contributed by atoms with Crippen LogP contribution in [-0.2, 0) is 9.47 Å².